The molecule has 0 aromatic heterocycles. The second kappa shape index (κ2) is 17.0. The Labute approximate surface area is 211 Å². The molecule has 0 radical (unpaired) electrons. The average molecular weight is 553 g/mol. The van der Waals surface area contributed by atoms with Gasteiger partial charge in [0.2, 0.25) is 28.0 Å². The number of aliphatic carboxylic acids is 3. The number of aldehydes is 1. The van der Waals surface area contributed by atoms with E-state index in [1.807, 2.05) is 5.32 Å². The molecule has 3 atom stereocenters. The van der Waals surface area contributed by atoms with Crippen molar-refractivity contribution in [2.45, 2.75) is 37.4 Å². The highest BCUT2D eigenvalue weighted by atomic mass is 32.2. The van der Waals surface area contributed by atoms with Gasteiger partial charge in [0.25, 0.3) is 0 Å². The van der Waals surface area contributed by atoms with Gasteiger partial charge in [0.05, 0.1) is 43.4 Å². The molecule has 0 bridgehead atoms. The van der Waals surface area contributed by atoms with Crippen molar-refractivity contribution in [3.05, 3.63) is 0 Å². The molecule has 0 saturated carbocycles. The molecular formula is C18H24N4O12S2. The zero-order chi connectivity index (χ0) is 27.8. The summed E-state index contributed by atoms with van der Waals surface area (Å²) >= 11 is 0.802. The minimum absolute atomic E-state index is 0.248. The Morgan fingerprint density at radius 3 is 1.75 bits per heavy atom. The standard InChI is InChI=1S/C18H24N4O12S2/c19-8(3-13(26)27)16(32)22-10(5-15(30)31)18(34)36-7-12(25)20-6-11(24)21-9(4-14(28)29)17(33)35-2-1-23/h1,8-10H,2-7,19H2,(H,20,25)(H,21,24)(H,22,32)(H,26,27)(H,28,29)(H,30,31)/t8-,9-,10-/m0/s1. The van der Waals surface area contributed by atoms with E-state index in [1.54, 1.807) is 0 Å². The monoisotopic (exact) mass is 552 g/mol. The van der Waals surface area contributed by atoms with Crippen LogP contribution in [0.5, 0.6) is 0 Å². The van der Waals surface area contributed by atoms with Gasteiger partial charge in [-0.3, -0.25) is 38.4 Å². The third-order valence-electron chi connectivity index (χ3n) is 3.79. The van der Waals surface area contributed by atoms with Crippen LogP contribution in [-0.2, 0) is 43.2 Å². The summed E-state index contributed by atoms with van der Waals surface area (Å²) < 4.78 is 0. The molecular weight excluding hydrogens is 528 g/mol. The van der Waals surface area contributed by atoms with Crippen LogP contribution in [-0.4, -0.2) is 104 Å². The molecule has 0 aromatic carbocycles. The highest BCUT2D eigenvalue weighted by Crippen LogP contribution is 2.10. The third-order valence-corrected chi connectivity index (χ3v) is 5.64. The molecule has 3 amide bonds. The van der Waals surface area contributed by atoms with Crippen molar-refractivity contribution in [3.63, 3.8) is 0 Å². The highest BCUT2D eigenvalue weighted by Gasteiger charge is 2.28. The van der Waals surface area contributed by atoms with E-state index >= 15 is 0 Å². The molecule has 0 spiro atoms. The largest absolute Gasteiger partial charge is 0.481 e. The second-order valence-electron chi connectivity index (χ2n) is 6.76. The van der Waals surface area contributed by atoms with Crippen LogP contribution >= 0.6 is 23.5 Å². The fourth-order valence-electron chi connectivity index (χ4n) is 2.22. The Kier molecular flexibility index (Phi) is 15.3. The van der Waals surface area contributed by atoms with Gasteiger partial charge in [-0.1, -0.05) is 23.5 Å². The number of thioether (sulfide) groups is 2. The molecule has 0 fully saturated rings. The summed E-state index contributed by atoms with van der Waals surface area (Å²) in [7, 11) is 0. The predicted octanol–water partition coefficient (Wildman–Crippen LogP) is -3.46. The highest BCUT2D eigenvalue weighted by molar-refractivity contribution is 8.14. The van der Waals surface area contributed by atoms with Crippen LogP contribution in [0.1, 0.15) is 19.3 Å². The number of hydrogen-bond donors (Lipinski definition) is 7. The van der Waals surface area contributed by atoms with Gasteiger partial charge in [0.15, 0.2) is 0 Å². The van der Waals surface area contributed by atoms with Crippen molar-refractivity contribution in [1.29, 1.82) is 0 Å². The lowest BCUT2D eigenvalue weighted by atomic mass is 10.1. The quantitative estimate of drug-likeness (QED) is 0.0863. The summed E-state index contributed by atoms with van der Waals surface area (Å²) in [6.45, 7) is -0.700. The van der Waals surface area contributed by atoms with Crippen molar-refractivity contribution in [1.82, 2.24) is 16.0 Å². The van der Waals surface area contributed by atoms with Crippen LogP contribution in [0.3, 0.4) is 0 Å². The zero-order valence-electron chi connectivity index (χ0n) is 18.5. The number of carboxylic acid groups (broad SMARTS) is 3. The summed E-state index contributed by atoms with van der Waals surface area (Å²) in [5.74, 6) is -8.02. The molecule has 0 aliphatic carbocycles. The average Bonchev–Trinajstić information content (AvgIpc) is 2.77. The van der Waals surface area contributed by atoms with Crippen molar-refractivity contribution < 1.29 is 58.5 Å². The number of nitrogens with two attached hydrogens (primary N) is 1. The van der Waals surface area contributed by atoms with Crippen molar-refractivity contribution in [2.24, 2.45) is 5.73 Å². The zero-order valence-corrected chi connectivity index (χ0v) is 20.1. The maximum atomic E-state index is 12.3. The number of carbonyl (C=O) groups excluding carboxylic acids is 6. The van der Waals surface area contributed by atoms with Crippen LogP contribution in [0.2, 0.25) is 0 Å². The molecule has 0 rings (SSSR count). The molecule has 0 heterocycles. The summed E-state index contributed by atoms with van der Waals surface area (Å²) in [6, 6.07) is -4.63. The van der Waals surface area contributed by atoms with Gasteiger partial charge >= 0.3 is 17.9 Å². The summed E-state index contributed by atoms with van der Waals surface area (Å²) in [5.41, 5.74) is 5.36. The summed E-state index contributed by atoms with van der Waals surface area (Å²) in [5, 5.41) is 30.9. The van der Waals surface area contributed by atoms with Gasteiger partial charge in [0.1, 0.15) is 18.4 Å². The number of amides is 3. The molecule has 0 saturated heterocycles. The first-order chi connectivity index (χ1) is 16.8. The van der Waals surface area contributed by atoms with Crippen LogP contribution < -0.4 is 21.7 Å². The van der Waals surface area contributed by atoms with Crippen LogP contribution in [0, 0.1) is 0 Å². The summed E-state index contributed by atoms with van der Waals surface area (Å²) in [4.78, 5) is 103. The number of carboxylic acids is 3. The first kappa shape index (κ1) is 32.5. The Hall–Kier alpha value is -3.51. The van der Waals surface area contributed by atoms with Crippen LogP contribution in [0.15, 0.2) is 0 Å². The molecule has 0 aliphatic heterocycles. The Morgan fingerprint density at radius 2 is 1.25 bits per heavy atom. The van der Waals surface area contributed by atoms with Gasteiger partial charge in [0, 0.05) is 0 Å². The lowest BCUT2D eigenvalue weighted by molar-refractivity contribution is -0.141. The maximum Gasteiger partial charge on any atom is 0.305 e. The third kappa shape index (κ3) is 14.7. The van der Waals surface area contributed by atoms with E-state index in [0.29, 0.717) is 29.8 Å². The molecule has 8 N–H and O–H groups in total. The van der Waals surface area contributed by atoms with E-state index in [2.05, 4.69) is 10.6 Å². The second-order valence-corrected chi connectivity index (χ2v) is 8.77. The first-order valence-corrected chi connectivity index (χ1v) is 11.8. The lowest BCUT2D eigenvalue weighted by Gasteiger charge is -2.18. The minimum Gasteiger partial charge on any atom is -0.481 e. The van der Waals surface area contributed by atoms with E-state index in [9.17, 15) is 43.2 Å². The van der Waals surface area contributed by atoms with E-state index in [1.165, 1.54) is 0 Å². The normalized spacial score (nSPS) is 12.8. The Bertz CT molecular complexity index is 897. The van der Waals surface area contributed by atoms with E-state index in [4.69, 9.17) is 21.1 Å². The molecule has 0 aromatic rings. The number of nitrogens with one attached hydrogen (secondary N) is 3. The van der Waals surface area contributed by atoms with E-state index < -0.39 is 95.5 Å². The number of carbonyl (C=O) groups is 9. The Balaban J connectivity index is 4.81. The van der Waals surface area contributed by atoms with Crippen molar-refractivity contribution >= 4 is 75.7 Å². The number of hydrogen-bond acceptors (Lipinski definition) is 12. The van der Waals surface area contributed by atoms with Crippen LogP contribution in [0.4, 0.5) is 0 Å². The molecule has 36 heavy (non-hydrogen) atoms. The first-order valence-electron chi connectivity index (χ1n) is 9.81. The summed E-state index contributed by atoms with van der Waals surface area (Å²) in [6.07, 6.45) is -1.99. The predicted molar refractivity (Wildman–Crippen MR) is 123 cm³/mol. The van der Waals surface area contributed by atoms with Gasteiger partial charge in [-0.15, -0.1) is 0 Å². The Morgan fingerprint density at radius 1 is 0.750 bits per heavy atom. The molecule has 0 aliphatic rings. The molecule has 18 heteroatoms. The molecule has 0 unspecified atom stereocenters. The molecule has 16 nitrogen and oxygen atoms in total. The van der Waals surface area contributed by atoms with Crippen LogP contribution in [0.25, 0.3) is 0 Å². The van der Waals surface area contributed by atoms with Gasteiger partial charge < -0.3 is 41.8 Å². The smallest absolute Gasteiger partial charge is 0.305 e. The van der Waals surface area contributed by atoms with Crippen molar-refractivity contribution in [3.8, 4) is 0 Å². The fourth-order valence-corrected chi connectivity index (χ4v) is 3.52. The number of rotatable bonds is 17. The van der Waals surface area contributed by atoms with Gasteiger partial charge in [-0.2, -0.15) is 0 Å². The van der Waals surface area contributed by atoms with E-state index in [0.717, 1.165) is 0 Å². The maximum absolute atomic E-state index is 12.3. The fraction of sp³-hybridized carbons (Fsp3) is 0.500. The topological polar surface area (TPSA) is 276 Å². The van der Waals surface area contributed by atoms with E-state index in [-0.39, 0.29) is 5.75 Å². The van der Waals surface area contributed by atoms with Gasteiger partial charge in [-0.25, -0.2) is 0 Å². The van der Waals surface area contributed by atoms with Crippen molar-refractivity contribution in [2.75, 3.05) is 18.1 Å². The minimum atomic E-state index is -1.62. The SMILES string of the molecule is N[C@@H](CC(=O)O)C(=O)N[C@@H](CC(=O)O)C(=O)SCC(=O)NCC(=O)N[C@@H](CC(=O)O)C(=O)SCC=O. The lowest BCUT2D eigenvalue weighted by Crippen LogP contribution is -2.49. The van der Waals surface area contributed by atoms with Gasteiger partial charge in [-0.05, 0) is 0 Å². The molecule has 200 valence electrons.